The molecule has 1 aliphatic rings. The summed E-state index contributed by atoms with van der Waals surface area (Å²) in [6.07, 6.45) is 5.82. The number of allylic oxidation sites excluding steroid dienone is 5. The van der Waals surface area contributed by atoms with Crippen molar-refractivity contribution in [1.29, 1.82) is 0 Å². The maximum atomic E-state index is 13.1. The van der Waals surface area contributed by atoms with Crippen LogP contribution in [0.1, 0.15) is 19.8 Å². The van der Waals surface area contributed by atoms with Crippen LogP contribution in [-0.2, 0) is 4.79 Å². The van der Waals surface area contributed by atoms with Gasteiger partial charge >= 0.3 is 0 Å². The van der Waals surface area contributed by atoms with Crippen LogP contribution in [0.4, 0.5) is 4.39 Å². The molecule has 0 heterocycles. The van der Waals surface area contributed by atoms with Gasteiger partial charge in [-0.2, -0.15) is 0 Å². The van der Waals surface area contributed by atoms with Crippen LogP contribution in [0.3, 0.4) is 0 Å². The molecule has 1 rings (SSSR count). The van der Waals surface area contributed by atoms with Crippen LogP contribution >= 0.6 is 0 Å². The molecule has 0 aromatic carbocycles. The van der Waals surface area contributed by atoms with Gasteiger partial charge in [0.05, 0.1) is 5.57 Å². The van der Waals surface area contributed by atoms with E-state index in [2.05, 4.69) is 0 Å². The minimum Gasteiger partial charge on any atom is -0.366 e. The summed E-state index contributed by atoms with van der Waals surface area (Å²) in [5.74, 6) is -1.20. The Morgan fingerprint density at radius 2 is 2.23 bits per heavy atom. The number of carbonyl (C=O) groups excluding carboxylic acids is 1. The van der Waals surface area contributed by atoms with E-state index in [0.29, 0.717) is 0 Å². The first kappa shape index (κ1) is 9.71. The molecule has 0 unspecified atom stereocenters. The second-order valence-electron chi connectivity index (χ2n) is 3.05. The van der Waals surface area contributed by atoms with Crippen molar-refractivity contribution in [1.82, 2.24) is 0 Å². The van der Waals surface area contributed by atoms with Crippen LogP contribution in [0.5, 0.6) is 0 Å². The largest absolute Gasteiger partial charge is 0.366 e. The fraction of sp³-hybridized carbons (Fsp3) is 0.300. The normalized spacial score (nSPS) is 27.4. The van der Waals surface area contributed by atoms with Gasteiger partial charge in [-0.15, -0.1) is 0 Å². The molecule has 70 valence electrons. The van der Waals surface area contributed by atoms with E-state index in [-0.39, 0.29) is 12.0 Å². The minimum atomic E-state index is -0.687. The minimum absolute atomic E-state index is 0.0512. The van der Waals surface area contributed by atoms with Crippen LogP contribution < -0.4 is 5.73 Å². The Morgan fingerprint density at radius 3 is 2.85 bits per heavy atom. The fourth-order valence-corrected chi connectivity index (χ4v) is 1.12. The number of hydrogen-bond acceptors (Lipinski definition) is 1. The highest BCUT2D eigenvalue weighted by Crippen LogP contribution is 2.18. The van der Waals surface area contributed by atoms with E-state index < -0.39 is 11.7 Å². The highest BCUT2D eigenvalue weighted by atomic mass is 19.1. The monoisotopic (exact) mass is 181 g/mol. The first-order valence-corrected chi connectivity index (χ1v) is 4.12. The molecule has 2 nitrogen and oxygen atoms in total. The van der Waals surface area contributed by atoms with Gasteiger partial charge in [0.1, 0.15) is 5.83 Å². The Morgan fingerprint density at radius 1 is 1.54 bits per heavy atom. The Hall–Kier alpha value is -1.38. The summed E-state index contributed by atoms with van der Waals surface area (Å²) in [6, 6.07) is 0. The summed E-state index contributed by atoms with van der Waals surface area (Å²) in [5.41, 5.74) is 6.19. The Kier molecular flexibility index (Phi) is 3.01. The molecule has 0 saturated heterocycles. The number of amides is 1. The summed E-state index contributed by atoms with van der Waals surface area (Å²) in [5, 5.41) is 0. The van der Waals surface area contributed by atoms with E-state index in [1.54, 1.807) is 6.08 Å². The second-order valence-corrected chi connectivity index (χ2v) is 3.05. The Bertz CT molecular complexity index is 313. The highest BCUT2D eigenvalue weighted by molar-refractivity contribution is 5.93. The van der Waals surface area contributed by atoms with E-state index in [4.69, 9.17) is 5.73 Å². The maximum absolute atomic E-state index is 13.1. The zero-order valence-electron chi connectivity index (χ0n) is 7.51. The first-order valence-electron chi connectivity index (χ1n) is 4.12. The topological polar surface area (TPSA) is 43.1 Å². The maximum Gasteiger partial charge on any atom is 0.247 e. The average molecular weight is 181 g/mol. The number of nitrogens with two attached hydrogens (primary N) is 1. The van der Waals surface area contributed by atoms with Gasteiger partial charge in [-0.05, 0) is 25.8 Å². The van der Waals surface area contributed by atoms with Gasteiger partial charge in [0, 0.05) is 0 Å². The molecule has 0 saturated carbocycles. The summed E-state index contributed by atoms with van der Waals surface area (Å²) in [4.78, 5) is 10.8. The first-order chi connectivity index (χ1) is 6.11. The smallest absolute Gasteiger partial charge is 0.247 e. The van der Waals surface area contributed by atoms with Crippen molar-refractivity contribution in [2.24, 2.45) is 5.73 Å². The number of rotatable bonds is 1. The fourth-order valence-electron chi connectivity index (χ4n) is 1.12. The van der Waals surface area contributed by atoms with Crippen LogP contribution in [-0.4, -0.2) is 5.91 Å². The van der Waals surface area contributed by atoms with Gasteiger partial charge in [-0.25, -0.2) is 4.39 Å². The molecule has 0 atom stereocenters. The summed E-state index contributed by atoms with van der Waals surface area (Å²) >= 11 is 0. The molecule has 13 heavy (non-hydrogen) atoms. The SMILES string of the molecule is C/C1=C/C/C(C(N)=O)=C(/F)C=CC1. The lowest BCUT2D eigenvalue weighted by Crippen LogP contribution is -2.15. The highest BCUT2D eigenvalue weighted by Gasteiger charge is 2.10. The third-order valence-electron chi connectivity index (χ3n) is 1.94. The van der Waals surface area contributed by atoms with Crippen LogP contribution in [0.25, 0.3) is 0 Å². The van der Waals surface area contributed by atoms with Gasteiger partial charge in [0.25, 0.3) is 0 Å². The van der Waals surface area contributed by atoms with E-state index in [9.17, 15) is 9.18 Å². The zero-order valence-corrected chi connectivity index (χ0v) is 7.51. The van der Waals surface area contributed by atoms with E-state index in [1.807, 2.05) is 13.0 Å². The van der Waals surface area contributed by atoms with Crippen LogP contribution in [0.2, 0.25) is 0 Å². The van der Waals surface area contributed by atoms with Crippen molar-refractivity contribution in [2.45, 2.75) is 19.8 Å². The lowest BCUT2D eigenvalue weighted by atomic mass is 10.0. The Balaban J connectivity index is 3.01. The standard InChI is InChI=1S/C10H12FNO/c1-7-3-2-4-9(11)8(6-5-7)10(12)13/h2,4-5H,3,6H2,1H3,(H2,12,13)/b4-2?,7-5-,9-8-. The lowest BCUT2D eigenvalue weighted by molar-refractivity contribution is -0.114. The number of hydrogen-bond donors (Lipinski definition) is 1. The number of primary amides is 1. The van der Waals surface area contributed by atoms with Gasteiger partial charge < -0.3 is 5.73 Å². The molecule has 2 N–H and O–H groups in total. The molecule has 0 bridgehead atoms. The third-order valence-corrected chi connectivity index (χ3v) is 1.94. The van der Waals surface area contributed by atoms with Crippen LogP contribution in [0.15, 0.2) is 35.2 Å². The van der Waals surface area contributed by atoms with Crippen molar-refractivity contribution in [3.05, 3.63) is 35.2 Å². The molecule has 0 aromatic rings. The van der Waals surface area contributed by atoms with Gasteiger partial charge in [-0.3, -0.25) is 4.79 Å². The van der Waals surface area contributed by atoms with Crippen molar-refractivity contribution in [3.8, 4) is 0 Å². The molecular weight excluding hydrogens is 169 g/mol. The predicted octanol–water partition coefficient (Wildman–Crippen LogP) is 1.99. The van der Waals surface area contributed by atoms with Crippen molar-refractivity contribution < 1.29 is 9.18 Å². The summed E-state index contributed by atoms with van der Waals surface area (Å²) in [7, 11) is 0. The zero-order chi connectivity index (χ0) is 9.84. The number of carbonyl (C=O) groups is 1. The quantitative estimate of drug-likeness (QED) is 0.617. The molecule has 0 aliphatic heterocycles. The van der Waals surface area contributed by atoms with E-state index in [1.165, 1.54) is 6.08 Å². The average Bonchev–Trinajstić information content (AvgIpc) is 2.01. The molecule has 0 fully saturated rings. The molecule has 0 aromatic heterocycles. The van der Waals surface area contributed by atoms with E-state index >= 15 is 0 Å². The van der Waals surface area contributed by atoms with Crippen molar-refractivity contribution in [3.63, 3.8) is 0 Å². The van der Waals surface area contributed by atoms with Crippen molar-refractivity contribution >= 4 is 5.91 Å². The molecule has 3 heteroatoms. The van der Waals surface area contributed by atoms with Crippen molar-refractivity contribution in [2.75, 3.05) is 0 Å². The summed E-state index contributed by atoms with van der Waals surface area (Å²) in [6.45, 7) is 1.94. The number of halogens is 1. The third kappa shape index (κ3) is 2.54. The summed E-state index contributed by atoms with van der Waals surface area (Å²) < 4.78 is 13.1. The molecular formula is C10H12FNO. The van der Waals surface area contributed by atoms with Gasteiger partial charge in [0.2, 0.25) is 5.91 Å². The lowest BCUT2D eigenvalue weighted by Gasteiger charge is -2.04. The second kappa shape index (κ2) is 4.03. The van der Waals surface area contributed by atoms with Gasteiger partial charge in [0.15, 0.2) is 0 Å². The molecule has 0 spiro atoms. The molecule has 0 radical (unpaired) electrons. The molecule has 1 amide bonds. The van der Waals surface area contributed by atoms with Gasteiger partial charge in [-0.1, -0.05) is 17.7 Å². The Labute approximate surface area is 76.6 Å². The molecule has 1 aliphatic carbocycles. The van der Waals surface area contributed by atoms with Crippen LogP contribution in [0, 0.1) is 0 Å². The predicted molar refractivity (Wildman–Crippen MR) is 49.5 cm³/mol. The van der Waals surface area contributed by atoms with E-state index in [0.717, 1.165) is 12.0 Å².